The molecule has 0 aliphatic carbocycles. The second-order valence-electron chi connectivity index (χ2n) is 4.67. The van der Waals surface area contributed by atoms with Crippen molar-refractivity contribution in [3.63, 3.8) is 0 Å². The summed E-state index contributed by atoms with van der Waals surface area (Å²) in [6.45, 7) is 12.2. The van der Waals surface area contributed by atoms with Gasteiger partial charge in [-0.25, -0.2) is 0 Å². The Kier molecular flexibility index (Phi) is 4.09. The Labute approximate surface area is 71.1 Å². The first kappa shape index (κ1) is 11.0. The Bertz CT molecular complexity index is 99.9. The summed E-state index contributed by atoms with van der Waals surface area (Å²) in [6, 6.07) is 0. The van der Waals surface area contributed by atoms with Gasteiger partial charge in [0.25, 0.3) is 0 Å². The van der Waals surface area contributed by atoms with Crippen molar-refractivity contribution < 1.29 is 4.74 Å². The van der Waals surface area contributed by atoms with Gasteiger partial charge >= 0.3 is 0 Å². The molecule has 0 N–H and O–H groups in total. The van der Waals surface area contributed by atoms with Crippen molar-refractivity contribution >= 4 is 0 Å². The van der Waals surface area contributed by atoms with Gasteiger partial charge in [0.05, 0.1) is 0 Å². The van der Waals surface area contributed by atoms with Crippen LogP contribution >= 0.6 is 0 Å². The van der Waals surface area contributed by atoms with Crippen molar-refractivity contribution in [2.75, 3.05) is 13.7 Å². The van der Waals surface area contributed by atoms with Crippen molar-refractivity contribution in [1.82, 2.24) is 0 Å². The largest absolute Gasteiger partial charge is 0.384 e. The van der Waals surface area contributed by atoms with Gasteiger partial charge < -0.3 is 4.74 Å². The topological polar surface area (TPSA) is 9.23 Å². The van der Waals surface area contributed by atoms with E-state index in [2.05, 4.69) is 34.6 Å². The van der Waals surface area contributed by atoms with E-state index < -0.39 is 0 Å². The maximum atomic E-state index is 5.19. The highest BCUT2D eigenvalue weighted by Gasteiger charge is 2.26. The van der Waals surface area contributed by atoms with Crippen molar-refractivity contribution in [3.8, 4) is 0 Å². The number of ether oxygens (including phenoxy) is 1. The van der Waals surface area contributed by atoms with Crippen molar-refractivity contribution in [2.45, 2.75) is 34.6 Å². The molecule has 0 bridgehead atoms. The van der Waals surface area contributed by atoms with Crippen LogP contribution in [0.3, 0.4) is 0 Å². The van der Waals surface area contributed by atoms with Crippen LogP contribution in [-0.2, 0) is 4.74 Å². The van der Waals surface area contributed by atoms with Crippen LogP contribution in [0.2, 0.25) is 0 Å². The Balaban J connectivity index is 4.10. The zero-order chi connectivity index (χ0) is 9.07. The third kappa shape index (κ3) is 3.76. The highest BCUT2D eigenvalue weighted by atomic mass is 16.5. The van der Waals surface area contributed by atoms with Crippen molar-refractivity contribution in [2.24, 2.45) is 17.3 Å². The molecule has 0 spiro atoms. The lowest BCUT2D eigenvalue weighted by Gasteiger charge is -2.33. The first-order valence-electron chi connectivity index (χ1n) is 4.38. The van der Waals surface area contributed by atoms with Crippen molar-refractivity contribution in [1.29, 1.82) is 0 Å². The molecule has 1 atom stereocenters. The molecule has 11 heavy (non-hydrogen) atoms. The maximum absolute atomic E-state index is 5.19. The summed E-state index contributed by atoms with van der Waals surface area (Å²) in [7, 11) is 1.78. The summed E-state index contributed by atoms with van der Waals surface area (Å²) in [4.78, 5) is 0. The number of hydrogen-bond acceptors (Lipinski definition) is 1. The van der Waals surface area contributed by atoms with E-state index in [9.17, 15) is 0 Å². The first-order chi connectivity index (χ1) is 4.89. The minimum absolute atomic E-state index is 0.365. The lowest BCUT2D eigenvalue weighted by atomic mass is 9.75. The second kappa shape index (κ2) is 4.10. The third-order valence-electron chi connectivity index (χ3n) is 2.26. The van der Waals surface area contributed by atoms with Crippen LogP contribution < -0.4 is 0 Å². The van der Waals surface area contributed by atoms with Crippen LogP contribution in [0.4, 0.5) is 0 Å². The number of rotatable bonds is 3. The molecular formula is C10H22O. The van der Waals surface area contributed by atoms with E-state index in [1.165, 1.54) is 0 Å². The van der Waals surface area contributed by atoms with Gasteiger partial charge in [0.1, 0.15) is 0 Å². The van der Waals surface area contributed by atoms with E-state index in [1.807, 2.05) is 0 Å². The zero-order valence-corrected chi connectivity index (χ0v) is 8.77. The average Bonchev–Trinajstić information content (AvgIpc) is 1.79. The molecular weight excluding hydrogens is 136 g/mol. The van der Waals surface area contributed by atoms with E-state index in [0.29, 0.717) is 17.3 Å². The highest BCUT2D eigenvalue weighted by molar-refractivity contribution is 4.75. The van der Waals surface area contributed by atoms with Crippen LogP contribution in [0.5, 0.6) is 0 Å². The summed E-state index contributed by atoms with van der Waals surface area (Å²) >= 11 is 0. The Morgan fingerprint density at radius 3 is 1.73 bits per heavy atom. The van der Waals surface area contributed by atoms with E-state index >= 15 is 0 Å². The average molecular weight is 158 g/mol. The summed E-state index contributed by atoms with van der Waals surface area (Å²) < 4.78 is 5.19. The Morgan fingerprint density at radius 2 is 1.64 bits per heavy atom. The molecule has 0 fully saturated rings. The van der Waals surface area contributed by atoms with Gasteiger partial charge in [-0.3, -0.25) is 0 Å². The molecule has 0 unspecified atom stereocenters. The Morgan fingerprint density at radius 1 is 1.18 bits per heavy atom. The van der Waals surface area contributed by atoms with Gasteiger partial charge in [0, 0.05) is 13.7 Å². The predicted octanol–water partition coefficient (Wildman–Crippen LogP) is 2.95. The smallest absolute Gasteiger partial charge is 0.0497 e. The molecule has 0 amide bonds. The maximum Gasteiger partial charge on any atom is 0.0497 e. The summed E-state index contributed by atoms with van der Waals surface area (Å²) in [5.41, 5.74) is 0.365. The minimum atomic E-state index is 0.365. The normalized spacial score (nSPS) is 15.5. The van der Waals surface area contributed by atoms with Crippen LogP contribution in [0.25, 0.3) is 0 Å². The number of hydrogen-bond donors (Lipinski definition) is 0. The van der Waals surface area contributed by atoms with E-state index in [-0.39, 0.29) is 0 Å². The van der Waals surface area contributed by atoms with Gasteiger partial charge in [-0.2, -0.15) is 0 Å². The van der Waals surface area contributed by atoms with Crippen LogP contribution in [0.1, 0.15) is 34.6 Å². The number of methoxy groups -OCH3 is 1. The SMILES string of the molecule is COC[C@@H](C(C)C)C(C)(C)C. The van der Waals surface area contributed by atoms with Crippen LogP contribution in [0.15, 0.2) is 0 Å². The molecule has 0 aliphatic rings. The molecule has 0 rings (SSSR count). The fourth-order valence-electron chi connectivity index (χ4n) is 1.62. The standard InChI is InChI=1S/C10H22O/c1-8(2)9(7-11-6)10(3,4)5/h8-9H,7H2,1-6H3/t9-/m0/s1. The fraction of sp³-hybridized carbons (Fsp3) is 1.00. The fourth-order valence-corrected chi connectivity index (χ4v) is 1.62. The van der Waals surface area contributed by atoms with Gasteiger partial charge in [-0.15, -0.1) is 0 Å². The molecule has 0 aromatic carbocycles. The van der Waals surface area contributed by atoms with Crippen molar-refractivity contribution in [3.05, 3.63) is 0 Å². The van der Waals surface area contributed by atoms with Crippen LogP contribution in [0, 0.1) is 17.3 Å². The molecule has 0 aromatic rings. The summed E-state index contributed by atoms with van der Waals surface area (Å²) in [5, 5.41) is 0. The van der Waals surface area contributed by atoms with E-state index in [1.54, 1.807) is 7.11 Å². The summed E-state index contributed by atoms with van der Waals surface area (Å²) in [5.74, 6) is 1.36. The van der Waals surface area contributed by atoms with Gasteiger partial charge in [-0.05, 0) is 17.3 Å². The molecule has 0 aliphatic heterocycles. The highest BCUT2D eigenvalue weighted by Crippen LogP contribution is 2.31. The molecule has 68 valence electrons. The first-order valence-corrected chi connectivity index (χ1v) is 4.38. The van der Waals surface area contributed by atoms with E-state index in [4.69, 9.17) is 4.74 Å². The van der Waals surface area contributed by atoms with Crippen LogP contribution in [-0.4, -0.2) is 13.7 Å². The third-order valence-corrected chi connectivity index (χ3v) is 2.26. The minimum Gasteiger partial charge on any atom is -0.384 e. The predicted molar refractivity (Wildman–Crippen MR) is 49.7 cm³/mol. The van der Waals surface area contributed by atoms with E-state index in [0.717, 1.165) is 6.61 Å². The van der Waals surface area contributed by atoms with Gasteiger partial charge in [0.15, 0.2) is 0 Å². The summed E-state index contributed by atoms with van der Waals surface area (Å²) in [6.07, 6.45) is 0. The lowest BCUT2D eigenvalue weighted by molar-refractivity contribution is 0.0606. The Hall–Kier alpha value is -0.0400. The monoisotopic (exact) mass is 158 g/mol. The molecule has 0 radical (unpaired) electrons. The molecule has 1 nitrogen and oxygen atoms in total. The molecule has 1 heteroatoms. The zero-order valence-electron chi connectivity index (χ0n) is 8.77. The van der Waals surface area contributed by atoms with Gasteiger partial charge in [-0.1, -0.05) is 34.6 Å². The molecule has 0 saturated heterocycles. The molecule has 0 aromatic heterocycles. The van der Waals surface area contributed by atoms with Gasteiger partial charge in [0.2, 0.25) is 0 Å². The molecule has 0 heterocycles. The molecule has 0 saturated carbocycles. The second-order valence-corrected chi connectivity index (χ2v) is 4.67. The quantitative estimate of drug-likeness (QED) is 0.613. The lowest BCUT2D eigenvalue weighted by Crippen LogP contribution is -2.29.